The first-order valence-electron chi connectivity index (χ1n) is 5.26. The summed E-state index contributed by atoms with van der Waals surface area (Å²) in [6.45, 7) is -0.887. The molecule has 0 amide bonds. The molecule has 1 rings (SSSR count). The topological polar surface area (TPSA) is 9.23 Å². The van der Waals surface area contributed by atoms with Crippen LogP contribution in [0.25, 0.3) is 0 Å². The van der Waals surface area contributed by atoms with Gasteiger partial charge in [-0.2, -0.15) is 13.2 Å². The first-order chi connectivity index (χ1) is 6.97. The van der Waals surface area contributed by atoms with E-state index in [4.69, 9.17) is 0 Å². The first kappa shape index (κ1) is 13.3. The largest absolute Gasteiger partial charge is 0.411 e. The van der Waals surface area contributed by atoms with Crippen LogP contribution in [0.1, 0.15) is 32.1 Å². The molecule has 1 aliphatic carbocycles. The fourth-order valence-corrected chi connectivity index (χ4v) is 2.73. The van der Waals surface area contributed by atoms with E-state index in [1.165, 1.54) is 12.8 Å². The molecule has 0 saturated heterocycles. The van der Waals surface area contributed by atoms with E-state index >= 15 is 0 Å². The predicted molar refractivity (Wildman–Crippen MR) is 56.2 cm³/mol. The average Bonchev–Trinajstić information content (AvgIpc) is 2.49. The van der Waals surface area contributed by atoms with Crippen molar-refractivity contribution in [2.45, 2.75) is 43.1 Å². The molecule has 0 bridgehead atoms. The van der Waals surface area contributed by atoms with E-state index in [9.17, 15) is 13.2 Å². The van der Waals surface area contributed by atoms with Crippen LogP contribution in [0.2, 0.25) is 0 Å². The molecule has 2 unspecified atom stereocenters. The third-order valence-corrected chi connectivity index (χ3v) is 3.48. The Hall–Kier alpha value is 0.230. The minimum absolute atomic E-state index is 0.225. The SMILES string of the molecule is FC(F)(F)COCCCC1CCC(Br)C1. The van der Waals surface area contributed by atoms with E-state index in [1.807, 2.05) is 0 Å². The van der Waals surface area contributed by atoms with Crippen LogP contribution < -0.4 is 0 Å². The Labute approximate surface area is 96.5 Å². The van der Waals surface area contributed by atoms with Gasteiger partial charge in [-0.3, -0.25) is 0 Å². The van der Waals surface area contributed by atoms with Gasteiger partial charge in [0.15, 0.2) is 0 Å². The third-order valence-electron chi connectivity index (χ3n) is 2.64. The number of ether oxygens (including phenoxy) is 1. The lowest BCUT2D eigenvalue weighted by Gasteiger charge is -2.10. The predicted octanol–water partition coefficient (Wildman–Crippen LogP) is 3.91. The highest BCUT2D eigenvalue weighted by Crippen LogP contribution is 2.33. The molecule has 0 heterocycles. The van der Waals surface area contributed by atoms with Crippen molar-refractivity contribution in [3.63, 3.8) is 0 Å². The number of halogens is 4. The number of hydrogen-bond acceptors (Lipinski definition) is 1. The summed E-state index contributed by atoms with van der Waals surface area (Å²) in [5.74, 6) is 0.670. The van der Waals surface area contributed by atoms with Gasteiger partial charge in [-0.15, -0.1) is 0 Å². The summed E-state index contributed by atoms with van der Waals surface area (Å²) in [4.78, 5) is 0.610. The van der Waals surface area contributed by atoms with Crippen molar-refractivity contribution in [1.29, 1.82) is 0 Å². The zero-order chi connectivity index (χ0) is 11.3. The summed E-state index contributed by atoms with van der Waals surface area (Å²) >= 11 is 3.55. The summed E-state index contributed by atoms with van der Waals surface area (Å²) in [7, 11) is 0. The van der Waals surface area contributed by atoms with Crippen LogP contribution in [0.4, 0.5) is 13.2 Å². The molecule has 0 aromatic heterocycles. The van der Waals surface area contributed by atoms with Crippen LogP contribution in [0.5, 0.6) is 0 Å². The van der Waals surface area contributed by atoms with E-state index in [2.05, 4.69) is 20.7 Å². The normalized spacial score (nSPS) is 27.2. The molecule has 90 valence electrons. The molecule has 0 spiro atoms. The van der Waals surface area contributed by atoms with Crippen molar-refractivity contribution in [2.75, 3.05) is 13.2 Å². The van der Waals surface area contributed by atoms with Crippen LogP contribution in [-0.4, -0.2) is 24.2 Å². The summed E-state index contributed by atoms with van der Waals surface area (Å²) in [6, 6.07) is 0. The molecule has 0 aromatic rings. The van der Waals surface area contributed by atoms with Gasteiger partial charge in [-0.1, -0.05) is 15.9 Å². The van der Waals surface area contributed by atoms with Crippen LogP contribution in [0.3, 0.4) is 0 Å². The lowest BCUT2D eigenvalue weighted by atomic mass is 10.0. The highest BCUT2D eigenvalue weighted by Gasteiger charge is 2.27. The molecule has 5 heteroatoms. The van der Waals surface area contributed by atoms with E-state index in [-0.39, 0.29) is 6.61 Å². The Morgan fingerprint density at radius 2 is 2.00 bits per heavy atom. The molecule has 0 radical (unpaired) electrons. The van der Waals surface area contributed by atoms with Gasteiger partial charge in [0, 0.05) is 11.4 Å². The maximum Gasteiger partial charge on any atom is 0.411 e. The lowest BCUT2D eigenvalue weighted by Crippen LogP contribution is -2.17. The highest BCUT2D eigenvalue weighted by atomic mass is 79.9. The monoisotopic (exact) mass is 288 g/mol. The molecule has 1 saturated carbocycles. The zero-order valence-electron chi connectivity index (χ0n) is 8.52. The average molecular weight is 289 g/mol. The number of rotatable bonds is 5. The molecule has 1 fully saturated rings. The van der Waals surface area contributed by atoms with Crippen molar-refractivity contribution in [3.05, 3.63) is 0 Å². The van der Waals surface area contributed by atoms with Gasteiger partial charge >= 0.3 is 6.18 Å². The van der Waals surface area contributed by atoms with Crippen molar-refractivity contribution in [2.24, 2.45) is 5.92 Å². The standard InChI is InChI=1S/C10H16BrF3O/c11-9-4-3-8(6-9)2-1-5-15-7-10(12,13)14/h8-9H,1-7H2. The Balaban J connectivity index is 1.93. The fraction of sp³-hybridized carbons (Fsp3) is 1.00. The van der Waals surface area contributed by atoms with E-state index in [0.717, 1.165) is 19.3 Å². The first-order valence-corrected chi connectivity index (χ1v) is 6.17. The van der Waals surface area contributed by atoms with Gasteiger partial charge in [0.25, 0.3) is 0 Å². The maximum absolute atomic E-state index is 11.7. The molecule has 15 heavy (non-hydrogen) atoms. The van der Waals surface area contributed by atoms with Crippen LogP contribution in [0.15, 0.2) is 0 Å². The highest BCUT2D eigenvalue weighted by molar-refractivity contribution is 9.09. The van der Waals surface area contributed by atoms with Gasteiger partial charge in [-0.25, -0.2) is 0 Å². The van der Waals surface area contributed by atoms with Crippen LogP contribution in [0, 0.1) is 5.92 Å². The summed E-state index contributed by atoms with van der Waals surface area (Å²) in [5.41, 5.74) is 0. The second-order valence-corrected chi connectivity index (χ2v) is 5.38. The van der Waals surface area contributed by atoms with Crippen LogP contribution in [-0.2, 0) is 4.74 Å². The molecule has 2 atom stereocenters. The number of alkyl halides is 4. The van der Waals surface area contributed by atoms with E-state index < -0.39 is 12.8 Å². The third kappa shape index (κ3) is 6.40. The van der Waals surface area contributed by atoms with Gasteiger partial charge in [0.2, 0.25) is 0 Å². The summed E-state index contributed by atoms with van der Waals surface area (Å²) < 4.78 is 39.7. The van der Waals surface area contributed by atoms with E-state index in [0.29, 0.717) is 10.7 Å². The van der Waals surface area contributed by atoms with E-state index in [1.54, 1.807) is 0 Å². The Bertz CT molecular complexity index is 184. The minimum atomic E-state index is -4.19. The van der Waals surface area contributed by atoms with Crippen molar-refractivity contribution in [3.8, 4) is 0 Å². The second kappa shape index (κ2) is 6.09. The van der Waals surface area contributed by atoms with Crippen molar-refractivity contribution >= 4 is 15.9 Å². The zero-order valence-corrected chi connectivity index (χ0v) is 10.1. The maximum atomic E-state index is 11.7. The molecular formula is C10H16BrF3O. The van der Waals surface area contributed by atoms with Gasteiger partial charge in [0.05, 0.1) is 0 Å². The molecular weight excluding hydrogens is 273 g/mol. The van der Waals surface area contributed by atoms with Crippen LogP contribution >= 0.6 is 15.9 Å². The Morgan fingerprint density at radius 1 is 1.27 bits per heavy atom. The molecule has 0 aliphatic heterocycles. The smallest absolute Gasteiger partial charge is 0.372 e. The summed E-state index contributed by atoms with van der Waals surface area (Å²) in [5, 5.41) is 0. The quantitative estimate of drug-likeness (QED) is 0.551. The Kier molecular flexibility index (Phi) is 5.39. The summed E-state index contributed by atoms with van der Waals surface area (Å²) in [6.07, 6.45) is 1.07. The van der Waals surface area contributed by atoms with Gasteiger partial charge in [0.1, 0.15) is 6.61 Å². The van der Waals surface area contributed by atoms with Gasteiger partial charge in [-0.05, 0) is 38.0 Å². The molecule has 1 nitrogen and oxygen atoms in total. The lowest BCUT2D eigenvalue weighted by molar-refractivity contribution is -0.174. The minimum Gasteiger partial charge on any atom is -0.372 e. The molecule has 0 aromatic carbocycles. The second-order valence-electron chi connectivity index (χ2n) is 4.09. The van der Waals surface area contributed by atoms with Crippen molar-refractivity contribution < 1.29 is 17.9 Å². The number of hydrogen-bond donors (Lipinski definition) is 0. The van der Waals surface area contributed by atoms with Crippen molar-refractivity contribution in [1.82, 2.24) is 0 Å². The van der Waals surface area contributed by atoms with Gasteiger partial charge < -0.3 is 4.74 Å². The molecule has 0 N–H and O–H groups in total. The fourth-order valence-electron chi connectivity index (χ4n) is 1.94. The molecule has 1 aliphatic rings. The Morgan fingerprint density at radius 3 is 2.53 bits per heavy atom.